The fourth-order valence-electron chi connectivity index (χ4n) is 2.16. The van der Waals surface area contributed by atoms with Crippen LogP contribution in [0.4, 0.5) is 0 Å². The molecule has 1 unspecified atom stereocenters. The molecular weight excluding hydrogens is 252 g/mol. The first-order valence-electron chi connectivity index (χ1n) is 7.68. The first-order chi connectivity index (χ1) is 9.35. The van der Waals surface area contributed by atoms with E-state index in [0.717, 1.165) is 38.6 Å². The zero-order valence-electron chi connectivity index (χ0n) is 13.6. The molecule has 1 atom stereocenters. The highest BCUT2D eigenvalue weighted by Gasteiger charge is 2.25. The zero-order chi connectivity index (χ0) is 15.2. The van der Waals surface area contributed by atoms with E-state index in [1.165, 1.54) is 0 Å². The molecule has 1 rings (SSSR count). The van der Waals surface area contributed by atoms with E-state index < -0.39 is 0 Å². The van der Waals surface area contributed by atoms with E-state index in [9.17, 15) is 4.79 Å². The van der Waals surface area contributed by atoms with Gasteiger partial charge in [0.05, 0.1) is 0 Å². The van der Waals surface area contributed by atoms with Crippen LogP contribution in [0.5, 0.6) is 0 Å². The Morgan fingerprint density at radius 3 is 2.60 bits per heavy atom. The number of nitrogens with zero attached hydrogens (tertiary/aromatic N) is 2. The standard InChI is InChI=1S/C15H30N4O/c1-6-13(20)19-9-8-12(10-19)18-14(16-7-2)17-11-15(3,4)5/h12H,6-11H2,1-5H3,(H2,16,17,18). The van der Waals surface area contributed by atoms with E-state index in [1.54, 1.807) is 0 Å². The molecule has 1 heterocycles. The number of aliphatic imine (C=N–C) groups is 1. The quantitative estimate of drug-likeness (QED) is 0.608. The van der Waals surface area contributed by atoms with Crippen LogP contribution in [0.3, 0.4) is 0 Å². The van der Waals surface area contributed by atoms with Crippen molar-refractivity contribution in [2.75, 3.05) is 26.2 Å². The molecule has 1 amide bonds. The number of amides is 1. The van der Waals surface area contributed by atoms with Gasteiger partial charge in [0.25, 0.3) is 0 Å². The number of carbonyl (C=O) groups excluding carboxylic acids is 1. The Kier molecular flexibility index (Phi) is 6.30. The summed E-state index contributed by atoms with van der Waals surface area (Å²) in [6.45, 7) is 13.8. The SMILES string of the molecule is CCNC(=NCC(C)(C)C)NC1CCN(C(=O)CC)C1. The Hall–Kier alpha value is -1.26. The monoisotopic (exact) mass is 282 g/mol. The maximum absolute atomic E-state index is 11.7. The van der Waals surface area contributed by atoms with Crippen molar-refractivity contribution >= 4 is 11.9 Å². The second-order valence-corrected chi connectivity index (χ2v) is 6.58. The molecule has 1 fully saturated rings. The van der Waals surface area contributed by atoms with Crippen LogP contribution >= 0.6 is 0 Å². The van der Waals surface area contributed by atoms with Crippen molar-refractivity contribution in [2.45, 2.75) is 53.5 Å². The van der Waals surface area contributed by atoms with E-state index in [-0.39, 0.29) is 11.3 Å². The highest BCUT2D eigenvalue weighted by atomic mass is 16.2. The molecule has 0 aromatic rings. The van der Waals surface area contributed by atoms with E-state index >= 15 is 0 Å². The van der Waals surface area contributed by atoms with Crippen LogP contribution in [-0.4, -0.2) is 49.0 Å². The topological polar surface area (TPSA) is 56.7 Å². The second-order valence-electron chi connectivity index (χ2n) is 6.58. The third kappa shape index (κ3) is 5.80. The minimum Gasteiger partial charge on any atom is -0.357 e. The second kappa shape index (κ2) is 7.50. The normalized spacial score (nSPS) is 20.1. The van der Waals surface area contributed by atoms with Crippen molar-refractivity contribution in [1.82, 2.24) is 15.5 Å². The van der Waals surface area contributed by atoms with Gasteiger partial charge < -0.3 is 15.5 Å². The van der Waals surface area contributed by atoms with Gasteiger partial charge in [-0.05, 0) is 18.8 Å². The Morgan fingerprint density at radius 2 is 2.05 bits per heavy atom. The lowest BCUT2D eigenvalue weighted by atomic mass is 9.97. The molecule has 2 N–H and O–H groups in total. The molecule has 0 radical (unpaired) electrons. The lowest BCUT2D eigenvalue weighted by molar-refractivity contribution is -0.129. The third-order valence-corrected chi connectivity index (χ3v) is 3.24. The largest absolute Gasteiger partial charge is 0.357 e. The van der Waals surface area contributed by atoms with Crippen molar-refractivity contribution in [2.24, 2.45) is 10.4 Å². The molecule has 0 aliphatic carbocycles. The predicted octanol–water partition coefficient (Wildman–Crippen LogP) is 1.60. The van der Waals surface area contributed by atoms with Crippen molar-refractivity contribution in [1.29, 1.82) is 0 Å². The number of carbonyl (C=O) groups is 1. The fraction of sp³-hybridized carbons (Fsp3) is 0.867. The van der Waals surface area contributed by atoms with E-state index in [0.29, 0.717) is 12.5 Å². The molecule has 20 heavy (non-hydrogen) atoms. The van der Waals surface area contributed by atoms with Crippen LogP contribution in [-0.2, 0) is 4.79 Å². The Balaban J connectivity index is 2.53. The van der Waals surface area contributed by atoms with Crippen LogP contribution < -0.4 is 10.6 Å². The van der Waals surface area contributed by atoms with Gasteiger partial charge in [0.2, 0.25) is 5.91 Å². The number of likely N-dealkylation sites (tertiary alicyclic amines) is 1. The summed E-state index contributed by atoms with van der Waals surface area (Å²) in [5.74, 6) is 1.10. The first kappa shape index (κ1) is 16.8. The highest BCUT2D eigenvalue weighted by Crippen LogP contribution is 2.13. The molecule has 116 valence electrons. The number of hydrogen-bond acceptors (Lipinski definition) is 2. The number of rotatable bonds is 4. The van der Waals surface area contributed by atoms with E-state index in [1.807, 2.05) is 11.8 Å². The number of guanidine groups is 1. The predicted molar refractivity (Wildman–Crippen MR) is 83.8 cm³/mol. The van der Waals surface area contributed by atoms with Gasteiger partial charge in [-0.3, -0.25) is 9.79 Å². The van der Waals surface area contributed by atoms with Gasteiger partial charge >= 0.3 is 0 Å². The van der Waals surface area contributed by atoms with Crippen LogP contribution in [0.2, 0.25) is 0 Å². The Bertz CT molecular complexity index is 346. The third-order valence-electron chi connectivity index (χ3n) is 3.24. The first-order valence-corrected chi connectivity index (χ1v) is 7.68. The van der Waals surface area contributed by atoms with Gasteiger partial charge in [0.15, 0.2) is 5.96 Å². The summed E-state index contributed by atoms with van der Waals surface area (Å²) >= 11 is 0. The van der Waals surface area contributed by atoms with Gasteiger partial charge in [0.1, 0.15) is 0 Å². The lowest BCUT2D eigenvalue weighted by Gasteiger charge is -2.20. The summed E-state index contributed by atoms with van der Waals surface area (Å²) in [4.78, 5) is 18.2. The smallest absolute Gasteiger partial charge is 0.222 e. The molecule has 1 saturated heterocycles. The van der Waals surface area contributed by atoms with Gasteiger partial charge in [-0.15, -0.1) is 0 Å². The van der Waals surface area contributed by atoms with Crippen LogP contribution in [0.25, 0.3) is 0 Å². The Morgan fingerprint density at radius 1 is 1.35 bits per heavy atom. The number of hydrogen-bond donors (Lipinski definition) is 2. The summed E-state index contributed by atoms with van der Waals surface area (Å²) in [5.41, 5.74) is 0.183. The molecule has 0 aromatic heterocycles. The highest BCUT2D eigenvalue weighted by molar-refractivity contribution is 5.80. The molecule has 1 aliphatic heterocycles. The van der Waals surface area contributed by atoms with Gasteiger partial charge in [-0.25, -0.2) is 0 Å². The maximum Gasteiger partial charge on any atom is 0.222 e. The average Bonchev–Trinajstić information content (AvgIpc) is 2.83. The van der Waals surface area contributed by atoms with Gasteiger partial charge in [0, 0.05) is 38.6 Å². The van der Waals surface area contributed by atoms with Crippen LogP contribution in [0.15, 0.2) is 4.99 Å². The molecule has 1 aliphatic rings. The van der Waals surface area contributed by atoms with Crippen LogP contribution in [0, 0.1) is 5.41 Å². The maximum atomic E-state index is 11.7. The summed E-state index contributed by atoms with van der Waals surface area (Å²) in [7, 11) is 0. The molecule has 0 bridgehead atoms. The number of nitrogens with one attached hydrogen (secondary N) is 2. The minimum absolute atomic E-state index is 0.183. The zero-order valence-corrected chi connectivity index (χ0v) is 13.6. The summed E-state index contributed by atoms with van der Waals surface area (Å²) in [5, 5.41) is 6.72. The van der Waals surface area contributed by atoms with Crippen molar-refractivity contribution in [3.05, 3.63) is 0 Å². The Labute approximate surface area is 123 Å². The molecule has 5 heteroatoms. The molecule has 0 aromatic carbocycles. The van der Waals surface area contributed by atoms with E-state index in [4.69, 9.17) is 0 Å². The molecule has 0 saturated carbocycles. The lowest BCUT2D eigenvalue weighted by Crippen LogP contribution is -2.45. The summed E-state index contributed by atoms with van der Waals surface area (Å²) < 4.78 is 0. The van der Waals surface area contributed by atoms with Gasteiger partial charge in [-0.1, -0.05) is 27.7 Å². The molecular formula is C15H30N4O. The average molecular weight is 282 g/mol. The van der Waals surface area contributed by atoms with E-state index in [2.05, 4.69) is 43.3 Å². The molecule has 5 nitrogen and oxygen atoms in total. The van der Waals surface area contributed by atoms with Crippen molar-refractivity contribution in [3.63, 3.8) is 0 Å². The van der Waals surface area contributed by atoms with Crippen molar-refractivity contribution < 1.29 is 4.79 Å². The van der Waals surface area contributed by atoms with Crippen molar-refractivity contribution in [3.8, 4) is 0 Å². The minimum atomic E-state index is 0.183. The fourth-order valence-corrected chi connectivity index (χ4v) is 2.16. The van der Waals surface area contributed by atoms with Gasteiger partial charge in [-0.2, -0.15) is 0 Å². The van der Waals surface area contributed by atoms with Crippen LogP contribution in [0.1, 0.15) is 47.5 Å². The summed E-state index contributed by atoms with van der Waals surface area (Å²) in [6, 6.07) is 0.309. The summed E-state index contributed by atoms with van der Waals surface area (Å²) in [6.07, 6.45) is 1.58. The molecule has 0 spiro atoms.